The minimum absolute atomic E-state index is 0.114. The molecule has 4 saturated heterocycles. The van der Waals surface area contributed by atoms with Gasteiger partial charge in [-0.3, -0.25) is 9.59 Å². The van der Waals surface area contributed by atoms with Crippen LogP contribution in [0.1, 0.15) is 90.4 Å². The molecule has 208 valence electrons. The number of rotatable bonds is 8. The van der Waals surface area contributed by atoms with Gasteiger partial charge >= 0.3 is 0 Å². The van der Waals surface area contributed by atoms with Crippen LogP contribution >= 0.6 is 0 Å². The number of aliphatic hydroxyl groups excluding tert-OH is 1. The Morgan fingerprint density at radius 1 is 1.03 bits per heavy atom. The first kappa shape index (κ1) is 28.4. The molecule has 1 aromatic rings. The van der Waals surface area contributed by atoms with Crippen LogP contribution < -0.4 is 5.43 Å². The Morgan fingerprint density at radius 2 is 1.65 bits per heavy atom. The van der Waals surface area contributed by atoms with Gasteiger partial charge in [0.25, 0.3) is 0 Å². The molecule has 37 heavy (non-hydrogen) atoms. The predicted molar refractivity (Wildman–Crippen MR) is 137 cm³/mol. The normalized spacial score (nSPS) is 39.9. The number of carbonyl (C=O) groups is 1. The molecule has 5 rings (SSSR count). The zero-order valence-electron chi connectivity index (χ0n) is 23.9. The largest absolute Gasteiger partial charge is 0.465 e. The quantitative estimate of drug-likeness (QED) is 0.529. The Bertz CT molecular complexity index is 1120. The summed E-state index contributed by atoms with van der Waals surface area (Å²) in [4.78, 5) is 26.4. The van der Waals surface area contributed by atoms with Gasteiger partial charge in [-0.1, -0.05) is 48.5 Å². The van der Waals surface area contributed by atoms with E-state index in [2.05, 4.69) is 0 Å². The van der Waals surface area contributed by atoms with Crippen molar-refractivity contribution < 1.29 is 33.6 Å². The highest BCUT2D eigenvalue weighted by molar-refractivity contribution is 5.87. The van der Waals surface area contributed by atoms with E-state index in [1.165, 1.54) is 0 Å². The van der Waals surface area contributed by atoms with E-state index < -0.39 is 47.1 Å². The highest BCUT2D eigenvalue weighted by Crippen LogP contribution is 2.64. The molecule has 4 fully saturated rings. The first-order valence-electron chi connectivity index (χ1n) is 13.8. The number of hydrogen-bond donors (Lipinski definition) is 2. The molecule has 4 bridgehead atoms. The number of aliphatic hydroxyl groups is 2. The SMILES string of the molecule is CCc1oc([C@@H](C)C(=O)[C@H](C)[C@H](O)[C@H](C)C23OC4C(C)C(CC)(OC(O)(C4C)C2C)O3)c(C)c(=O)c1C. The molecule has 4 aliphatic rings. The van der Waals surface area contributed by atoms with Crippen LogP contribution in [-0.4, -0.2) is 45.6 Å². The standard InChI is InChI=1S/C29H44O8/c1-11-21-13(3)22(30)15(5)25(34-21)16(6)23(31)14(4)24(32)17(7)29-20(10)28(33)19(9)26(35-29)18(8)27(12-2,36-28)37-29/h14,16-20,24,26,32-33H,11-12H2,1-10H3/t14-,16-,17-,18?,19?,20?,24-,26?,27?,28?,29?/m0/s1. The molecule has 0 aromatic carbocycles. The molecule has 8 heteroatoms. The minimum Gasteiger partial charge on any atom is -0.465 e. The lowest BCUT2D eigenvalue weighted by atomic mass is 9.63. The Labute approximate surface area is 219 Å². The second-order valence-corrected chi connectivity index (χ2v) is 11.7. The summed E-state index contributed by atoms with van der Waals surface area (Å²) >= 11 is 0. The van der Waals surface area contributed by atoms with Crippen LogP contribution in [0.4, 0.5) is 0 Å². The molecule has 0 radical (unpaired) electrons. The average molecular weight is 521 g/mol. The number of ether oxygens (including phenoxy) is 3. The van der Waals surface area contributed by atoms with E-state index in [0.29, 0.717) is 35.5 Å². The molecule has 1 aromatic heterocycles. The van der Waals surface area contributed by atoms with Crippen molar-refractivity contribution in [3.8, 4) is 0 Å². The molecule has 0 aliphatic carbocycles. The monoisotopic (exact) mass is 520 g/mol. The number of aryl methyl sites for hydroxylation is 1. The van der Waals surface area contributed by atoms with E-state index in [4.69, 9.17) is 18.6 Å². The summed E-state index contributed by atoms with van der Waals surface area (Å²) in [7, 11) is 0. The fourth-order valence-corrected chi connectivity index (χ4v) is 7.15. The van der Waals surface area contributed by atoms with Gasteiger partial charge in [0.15, 0.2) is 22.8 Å². The Hall–Kier alpha value is -1.58. The van der Waals surface area contributed by atoms with Gasteiger partial charge in [-0.15, -0.1) is 0 Å². The van der Waals surface area contributed by atoms with Crippen LogP contribution in [0, 0.1) is 43.4 Å². The van der Waals surface area contributed by atoms with Crippen LogP contribution in [0.3, 0.4) is 0 Å². The van der Waals surface area contributed by atoms with Crippen LogP contribution in [0.5, 0.6) is 0 Å². The first-order chi connectivity index (χ1) is 17.1. The summed E-state index contributed by atoms with van der Waals surface area (Å²) in [6, 6.07) is 0. The van der Waals surface area contributed by atoms with Gasteiger partial charge in [-0.05, 0) is 27.2 Å². The summed E-state index contributed by atoms with van der Waals surface area (Å²) in [6.45, 7) is 18.2. The zero-order valence-corrected chi connectivity index (χ0v) is 23.9. The van der Waals surface area contributed by atoms with Crippen molar-refractivity contribution >= 4 is 5.78 Å². The second kappa shape index (κ2) is 9.26. The maximum absolute atomic E-state index is 13.7. The van der Waals surface area contributed by atoms with Crippen LogP contribution in [-0.2, 0) is 25.4 Å². The van der Waals surface area contributed by atoms with Gasteiger partial charge in [0.2, 0.25) is 0 Å². The molecule has 7 unspecified atom stereocenters. The third-order valence-corrected chi connectivity index (χ3v) is 9.99. The molecule has 11 atom stereocenters. The third-order valence-electron chi connectivity index (χ3n) is 9.99. The molecule has 2 N–H and O–H groups in total. The van der Waals surface area contributed by atoms with Crippen molar-refractivity contribution in [1.29, 1.82) is 0 Å². The van der Waals surface area contributed by atoms with Crippen molar-refractivity contribution in [3.63, 3.8) is 0 Å². The lowest BCUT2D eigenvalue weighted by Gasteiger charge is -2.72. The van der Waals surface area contributed by atoms with E-state index in [1.54, 1.807) is 34.6 Å². The number of ketones is 1. The van der Waals surface area contributed by atoms with Crippen LogP contribution in [0.2, 0.25) is 0 Å². The minimum atomic E-state index is -1.48. The predicted octanol–water partition coefficient (Wildman–Crippen LogP) is 3.98. The van der Waals surface area contributed by atoms with E-state index in [-0.39, 0.29) is 29.2 Å². The van der Waals surface area contributed by atoms with Gasteiger partial charge in [0.1, 0.15) is 17.3 Å². The lowest BCUT2D eigenvalue weighted by molar-refractivity contribution is -0.593. The highest BCUT2D eigenvalue weighted by Gasteiger charge is 2.77. The molecule has 4 aliphatic heterocycles. The van der Waals surface area contributed by atoms with Gasteiger partial charge < -0.3 is 28.8 Å². The van der Waals surface area contributed by atoms with Gasteiger partial charge in [-0.25, -0.2) is 0 Å². The van der Waals surface area contributed by atoms with Crippen molar-refractivity contribution in [2.24, 2.45) is 29.6 Å². The molecular formula is C29H44O8. The Kier molecular flexibility index (Phi) is 7.12. The molecule has 5 heterocycles. The summed E-state index contributed by atoms with van der Waals surface area (Å²) < 4.78 is 25.5. The number of carbonyl (C=O) groups excluding carboxylic acids is 1. The summed E-state index contributed by atoms with van der Waals surface area (Å²) in [5, 5.41) is 23.3. The fourth-order valence-electron chi connectivity index (χ4n) is 7.15. The number of Topliss-reactive ketones (excluding diaryl/α,β-unsaturated/α-hetero) is 1. The zero-order chi connectivity index (χ0) is 27.8. The third kappa shape index (κ3) is 3.73. The Balaban J connectivity index is 1.65. The highest BCUT2D eigenvalue weighted by atomic mass is 16.9. The van der Waals surface area contributed by atoms with Crippen molar-refractivity contribution in [2.45, 2.75) is 118 Å². The maximum atomic E-state index is 13.7. The molecule has 0 spiro atoms. The Morgan fingerprint density at radius 3 is 2.22 bits per heavy atom. The van der Waals surface area contributed by atoms with Crippen molar-refractivity contribution in [1.82, 2.24) is 0 Å². The van der Waals surface area contributed by atoms with Crippen molar-refractivity contribution in [2.75, 3.05) is 0 Å². The smallest absolute Gasteiger partial charge is 0.191 e. The van der Waals surface area contributed by atoms with Crippen molar-refractivity contribution in [3.05, 3.63) is 32.9 Å². The molecule has 0 amide bonds. The summed E-state index contributed by atoms with van der Waals surface area (Å²) in [6.07, 6.45) is -0.404. The average Bonchev–Trinajstić information content (AvgIpc) is 2.88. The van der Waals surface area contributed by atoms with Gasteiger partial charge in [0, 0.05) is 41.2 Å². The summed E-state index contributed by atoms with van der Waals surface area (Å²) in [5.41, 5.74) is 0.854. The van der Waals surface area contributed by atoms with Gasteiger partial charge in [0.05, 0.1) is 24.0 Å². The second-order valence-electron chi connectivity index (χ2n) is 11.7. The molecule has 8 nitrogen and oxygen atoms in total. The van der Waals surface area contributed by atoms with E-state index in [0.717, 1.165) is 0 Å². The van der Waals surface area contributed by atoms with E-state index in [9.17, 15) is 19.8 Å². The van der Waals surface area contributed by atoms with E-state index >= 15 is 0 Å². The van der Waals surface area contributed by atoms with Crippen LogP contribution in [0.25, 0.3) is 0 Å². The molecular weight excluding hydrogens is 476 g/mol. The molecule has 0 saturated carbocycles. The van der Waals surface area contributed by atoms with Crippen LogP contribution in [0.15, 0.2) is 9.21 Å². The fraction of sp³-hybridized carbons (Fsp3) is 0.793. The summed E-state index contributed by atoms with van der Waals surface area (Å²) in [5.74, 6) is -6.36. The lowest BCUT2D eigenvalue weighted by Crippen LogP contribution is -2.83. The topological polar surface area (TPSA) is 115 Å². The maximum Gasteiger partial charge on any atom is 0.191 e. The van der Waals surface area contributed by atoms with Gasteiger partial charge in [-0.2, -0.15) is 0 Å². The first-order valence-corrected chi connectivity index (χ1v) is 13.8. The van der Waals surface area contributed by atoms with E-state index in [1.807, 2.05) is 34.6 Å². The number of hydrogen-bond acceptors (Lipinski definition) is 8.